The quantitative estimate of drug-likeness (QED) is 0.250. The number of ether oxygens (including phenoxy) is 4. The molecule has 1 saturated heterocycles. The van der Waals surface area contributed by atoms with Crippen molar-refractivity contribution < 1.29 is 23.7 Å². The summed E-state index contributed by atoms with van der Waals surface area (Å²) in [6.07, 6.45) is 8.95. The largest absolute Gasteiger partial charge is 0.460 e. The molecule has 1 aliphatic heterocycles. The van der Waals surface area contributed by atoms with Crippen molar-refractivity contribution in [3.8, 4) is 29.9 Å². The van der Waals surface area contributed by atoms with Crippen LogP contribution in [0.1, 0.15) is 42.1 Å². The van der Waals surface area contributed by atoms with Crippen molar-refractivity contribution in [3.05, 3.63) is 54.9 Å². The van der Waals surface area contributed by atoms with E-state index in [1.54, 1.807) is 35.5 Å². The molecule has 1 atom stereocenters. The van der Waals surface area contributed by atoms with Gasteiger partial charge in [-0.15, -0.1) is 15.0 Å². The van der Waals surface area contributed by atoms with Crippen LogP contribution in [-0.2, 0) is 4.74 Å². The van der Waals surface area contributed by atoms with E-state index in [1.807, 2.05) is 0 Å². The number of hydrogen-bond donors (Lipinski definition) is 0. The fourth-order valence-corrected chi connectivity index (χ4v) is 3.19. The van der Waals surface area contributed by atoms with Gasteiger partial charge in [0.15, 0.2) is 0 Å². The van der Waals surface area contributed by atoms with Gasteiger partial charge in [0.25, 0.3) is 5.91 Å². The molecule has 0 N–H and O–H groups in total. The van der Waals surface area contributed by atoms with Crippen molar-refractivity contribution in [1.29, 1.82) is 0 Å². The molecule has 0 saturated carbocycles. The first-order chi connectivity index (χ1) is 17.6. The number of rotatable bonds is 12. The SMILES string of the molecule is C=CCOc1nc(OCC=C)nc(OCC2CN(C(=O)c3cncc(C#CCCCC)c3)CCO2)n1. The number of nitrogens with zero attached hydrogens (tertiary/aromatic N) is 5. The van der Waals surface area contributed by atoms with Gasteiger partial charge in [-0.1, -0.05) is 50.5 Å². The van der Waals surface area contributed by atoms with Crippen LogP contribution in [0.25, 0.3) is 0 Å². The number of carbonyl (C=O) groups is 1. The minimum atomic E-state index is -0.375. The smallest absolute Gasteiger partial charge is 0.326 e. The summed E-state index contributed by atoms with van der Waals surface area (Å²) in [5.41, 5.74) is 1.22. The van der Waals surface area contributed by atoms with Crippen LogP contribution in [0.15, 0.2) is 43.8 Å². The van der Waals surface area contributed by atoms with Crippen molar-refractivity contribution in [2.24, 2.45) is 0 Å². The summed E-state index contributed by atoms with van der Waals surface area (Å²) in [5.74, 6) is 6.07. The van der Waals surface area contributed by atoms with Crippen LogP contribution < -0.4 is 14.2 Å². The molecule has 0 spiro atoms. The highest BCUT2D eigenvalue weighted by atomic mass is 16.6. The molecule has 1 amide bonds. The van der Waals surface area contributed by atoms with Gasteiger partial charge in [0.2, 0.25) is 0 Å². The highest BCUT2D eigenvalue weighted by Gasteiger charge is 2.26. The van der Waals surface area contributed by atoms with Gasteiger partial charge < -0.3 is 23.8 Å². The van der Waals surface area contributed by atoms with Crippen molar-refractivity contribution in [1.82, 2.24) is 24.8 Å². The van der Waals surface area contributed by atoms with E-state index in [9.17, 15) is 4.79 Å². The molecule has 2 aromatic heterocycles. The van der Waals surface area contributed by atoms with Crippen LogP contribution in [0.4, 0.5) is 0 Å². The molecule has 1 fully saturated rings. The van der Waals surface area contributed by atoms with E-state index in [4.69, 9.17) is 18.9 Å². The third-order valence-electron chi connectivity index (χ3n) is 4.93. The van der Waals surface area contributed by atoms with E-state index >= 15 is 0 Å². The van der Waals surface area contributed by atoms with Crippen molar-refractivity contribution in [3.63, 3.8) is 0 Å². The number of morpholine rings is 1. The van der Waals surface area contributed by atoms with E-state index in [0.29, 0.717) is 25.3 Å². The first-order valence-electron chi connectivity index (χ1n) is 11.8. The Labute approximate surface area is 211 Å². The lowest BCUT2D eigenvalue weighted by molar-refractivity contribution is -0.0415. The third-order valence-corrected chi connectivity index (χ3v) is 4.93. The Bertz CT molecular complexity index is 1070. The molecule has 0 bridgehead atoms. The maximum atomic E-state index is 13.1. The van der Waals surface area contributed by atoms with Gasteiger partial charge in [-0.05, 0) is 12.5 Å². The van der Waals surface area contributed by atoms with E-state index < -0.39 is 0 Å². The lowest BCUT2D eigenvalue weighted by Gasteiger charge is -2.32. The Kier molecular flexibility index (Phi) is 10.7. The minimum Gasteiger partial charge on any atom is -0.460 e. The second-order valence-electron chi connectivity index (χ2n) is 7.81. The van der Waals surface area contributed by atoms with Crippen LogP contribution in [0.3, 0.4) is 0 Å². The van der Waals surface area contributed by atoms with Crippen LogP contribution in [0.2, 0.25) is 0 Å². The third kappa shape index (κ3) is 8.36. The highest BCUT2D eigenvalue weighted by Crippen LogP contribution is 2.17. The second kappa shape index (κ2) is 14.4. The minimum absolute atomic E-state index is 0.0220. The highest BCUT2D eigenvalue weighted by molar-refractivity contribution is 5.94. The second-order valence-corrected chi connectivity index (χ2v) is 7.81. The number of hydrogen-bond acceptors (Lipinski definition) is 9. The summed E-state index contributed by atoms with van der Waals surface area (Å²) in [5, 5.41) is 0. The Morgan fingerprint density at radius 2 is 1.83 bits per heavy atom. The normalized spacial score (nSPS) is 14.8. The lowest BCUT2D eigenvalue weighted by atomic mass is 10.1. The Hall–Kier alpha value is -3.97. The number of carbonyl (C=O) groups excluding carboxylic acids is 1. The number of pyridine rings is 1. The molecule has 190 valence electrons. The van der Waals surface area contributed by atoms with E-state index in [-0.39, 0.29) is 49.9 Å². The Morgan fingerprint density at radius 1 is 1.14 bits per heavy atom. The van der Waals surface area contributed by atoms with Crippen LogP contribution in [0.5, 0.6) is 18.0 Å². The first kappa shape index (κ1) is 26.6. The fraction of sp³-hybridized carbons (Fsp3) is 0.423. The Balaban J connectivity index is 1.61. The topological polar surface area (TPSA) is 109 Å². The van der Waals surface area contributed by atoms with Gasteiger partial charge in [-0.25, -0.2) is 0 Å². The summed E-state index contributed by atoms with van der Waals surface area (Å²) in [6, 6.07) is 1.89. The van der Waals surface area contributed by atoms with Crippen LogP contribution >= 0.6 is 0 Å². The summed E-state index contributed by atoms with van der Waals surface area (Å²) in [7, 11) is 0. The molecule has 1 unspecified atom stereocenters. The summed E-state index contributed by atoms with van der Waals surface area (Å²) in [6.45, 7) is 11.1. The Morgan fingerprint density at radius 3 is 2.50 bits per heavy atom. The standard InChI is InChI=1S/C26H31N5O5/c1-4-7-8-9-10-20-15-21(17-27-16-20)23(32)31-11-14-33-22(18-31)19-36-26-29-24(34-12-5-2)28-25(30-26)35-13-6-3/h5-6,15-17,22H,2-4,7-8,11-14,18-19H2,1H3. The first-order valence-corrected chi connectivity index (χ1v) is 11.8. The zero-order valence-electron chi connectivity index (χ0n) is 20.5. The monoisotopic (exact) mass is 493 g/mol. The predicted octanol–water partition coefficient (Wildman–Crippen LogP) is 2.86. The fourth-order valence-electron chi connectivity index (χ4n) is 3.19. The van der Waals surface area contributed by atoms with E-state index in [2.05, 4.69) is 51.9 Å². The van der Waals surface area contributed by atoms with Gasteiger partial charge in [0, 0.05) is 30.9 Å². The van der Waals surface area contributed by atoms with Crippen LogP contribution in [0, 0.1) is 11.8 Å². The maximum absolute atomic E-state index is 13.1. The maximum Gasteiger partial charge on any atom is 0.326 e. The molecule has 1 aliphatic rings. The molecule has 3 heterocycles. The predicted molar refractivity (Wildman–Crippen MR) is 133 cm³/mol. The summed E-state index contributed by atoms with van der Waals surface area (Å²) >= 11 is 0. The molecule has 10 nitrogen and oxygen atoms in total. The van der Waals surface area contributed by atoms with Crippen LogP contribution in [-0.4, -0.2) is 76.4 Å². The average molecular weight is 494 g/mol. The molecule has 2 aromatic rings. The molecule has 10 heteroatoms. The lowest BCUT2D eigenvalue weighted by Crippen LogP contribution is -2.47. The summed E-state index contributed by atoms with van der Waals surface area (Å²) < 4.78 is 22.3. The van der Waals surface area contributed by atoms with E-state index in [0.717, 1.165) is 24.8 Å². The number of unbranched alkanes of at least 4 members (excludes halogenated alkanes) is 2. The van der Waals surface area contributed by atoms with Crippen molar-refractivity contribution in [2.75, 3.05) is 39.5 Å². The van der Waals surface area contributed by atoms with E-state index in [1.165, 1.54) is 0 Å². The van der Waals surface area contributed by atoms with Gasteiger partial charge >= 0.3 is 18.0 Å². The van der Waals surface area contributed by atoms with Gasteiger partial charge in [0.05, 0.1) is 18.7 Å². The average Bonchev–Trinajstić information content (AvgIpc) is 2.92. The van der Waals surface area contributed by atoms with Crippen molar-refractivity contribution in [2.45, 2.75) is 32.3 Å². The molecule has 3 rings (SSSR count). The van der Waals surface area contributed by atoms with Gasteiger partial charge in [-0.2, -0.15) is 0 Å². The van der Waals surface area contributed by atoms with Gasteiger partial charge in [0.1, 0.15) is 25.9 Å². The molecule has 0 aromatic carbocycles. The molecule has 36 heavy (non-hydrogen) atoms. The number of aromatic nitrogens is 4. The van der Waals surface area contributed by atoms with Crippen molar-refractivity contribution >= 4 is 5.91 Å². The zero-order valence-corrected chi connectivity index (χ0v) is 20.5. The molecule has 0 aliphatic carbocycles. The molecule has 0 radical (unpaired) electrons. The number of amides is 1. The zero-order chi connectivity index (χ0) is 25.6. The molecular weight excluding hydrogens is 462 g/mol. The van der Waals surface area contributed by atoms with Gasteiger partial charge in [-0.3, -0.25) is 9.78 Å². The summed E-state index contributed by atoms with van der Waals surface area (Å²) in [4.78, 5) is 31.3. The molecular formula is C26H31N5O5.